The zero-order chi connectivity index (χ0) is 21.5. The molecule has 0 aliphatic carbocycles. The lowest BCUT2D eigenvalue weighted by Gasteiger charge is -2.19. The van der Waals surface area contributed by atoms with Gasteiger partial charge in [0.1, 0.15) is 5.82 Å². The van der Waals surface area contributed by atoms with Gasteiger partial charge in [-0.2, -0.15) is 0 Å². The van der Waals surface area contributed by atoms with Gasteiger partial charge in [0.15, 0.2) is 0 Å². The van der Waals surface area contributed by atoms with Crippen molar-refractivity contribution in [1.29, 1.82) is 0 Å². The van der Waals surface area contributed by atoms with Crippen LogP contribution in [-0.2, 0) is 11.3 Å². The second kappa shape index (κ2) is 7.69. The highest BCUT2D eigenvalue weighted by Crippen LogP contribution is 2.34. The lowest BCUT2D eigenvalue weighted by Crippen LogP contribution is -2.24. The van der Waals surface area contributed by atoms with Gasteiger partial charge in [-0.15, -0.1) is 0 Å². The van der Waals surface area contributed by atoms with E-state index in [2.05, 4.69) is 86.0 Å². The molecule has 1 saturated heterocycles. The van der Waals surface area contributed by atoms with Gasteiger partial charge in [-0.25, -0.2) is 4.98 Å². The lowest BCUT2D eigenvalue weighted by atomic mass is 10.1. The molecule has 0 radical (unpaired) electrons. The zero-order valence-corrected chi connectivity index (χ0v) is 18.3. The van der Waals surface area contributed by atoms with Crippen LogP contribution in [0.4, 0.5) is 5.69 Å². The van der Waals surface area contributed by atoms with Crippen molar-refractivity contribution in [2.24, 2.45) is 0 Å². The molecule has 1 aromatic heterocycles. The van der Waals surface area contributed by atoms with E-state index in [1.165, 1.54) is 22.3 Å². The molecule has 156 valence electrons. The van der Waals surface area contributed by atoms with Crippen LogP contribution in [0, 0.1) is 20.8 Å². The number of hydrogen-bond donors (Lipinski definition) is 0. The number of hydrogen-bond acceptors (Lipinski definition) is 2. The quantitative estimate of drug-likeness (QED) is 0.444. The third kappa shape index (κ3) is 3.63. The molecule has 0 N–H and O–H groups in total. The van der Waals surface area contributed by atoms with Crippen LogP contribution < -0.4 is 4.90 Å². The predicted molar refractivity (Wildman–Crippen MR) is 126 cm³/mol. The van der Waals surface area contributed by atoms with E-state index in [-0.39, 0.29) is 11.8 Å². The Bertz CT molecular complexity index is 1270. The Morgan fingerprint density at radius 2 is 1.65 bits per heavy atom. The Morgan fingerprint density at radius 3 is 2.42 bits per heavy atom. The number of aryl methyl sites for hydroxylation is 3. The molecule has 0 unspecified atom stereocenters. The monoisotopic (exact) mass is 409 g/mol. The van der Waals surface area contributed by atoms with E-state index in [9.17, 15) is 4.79 Å². The highest BCUT2D eigenvalue weighted by atomic mass is 16.2. The summed E-state index contributed by atoms with van der Waals surface area (Å²) in [6, 6.07) is 23.1. The van der Waals surface area contributed by atoms with Crippen molar-refractivity contribution < 1.29 is 4.79 Å². The molecule has 1 amide bonds. The van der Waals surface area contributed by atoms with E-state index >= 15 is 0 Å². The van der Waals surface area contributed by atoms with Crippen molar-refractivity contribution in [2.75, 3.05) is 11.4 Å². The molecule has 2 heterocycles. The van der Waals surface area contributed by atoms with E-state index in [4.69, 9.17) is 4.98 Å². The summed E-state index contributed by atoms with van der Waals surface area (Å²) in [6.45, 7) is 7.73. The van der Waals surface area contributed by atoms with Gasteiger partial charge in [-0.05, 0) is 67.3 Å². The van der Waals surface area contributed by atoms with Crippen LogP contribution in [0.15, 0.2) is 66.7 Å². The van der Waals surface area contributed by atoms with E-state index in [1.54, 1.807) is 0 Å². The maximum absolute atomic E-state index is 13.0. The van der Waals surface area contributed by atoms with Crippen LogP contribution in [0.5, 0.6) is 0 Å². The molecule has 0 spiro atoms. The first-order chi connectivity index (χ1) is 15.0. The van der Waals surface area contributed by atoms with Crippen molar-refractivity contribution in [3.05, 3.63) is 94.8 Å². The minimum atomic E-state index is 0.0738. The lowest BCUT2D eigenvalue weighted by molar-refractivity contribution is -0.117. The number of para-hydroxylation sites is 2. The van der Waals surface area contributed by atoms with E-state index < -0.39 is 0 Å². The van der Waals surface area contributed by atoms with Crippen molar-refractivity contribution in [3.63, 3.8) is 0 Å². The van der Waals surface area contributed by atoms with Crippen LogP contribution in [-0.4, -0.2) is 22.0 Å². The summed E-state index contributed by atoms with van der Waals surface area (Å²) >= 11 is 0. The highest BCUT2D eigenvalue weighted by Gasteiger charge is 2.35. The number of imidazole rings is 1. The summed E-state index contributed by atoms with van der Waals surface area (Å²) in [7, 11) is 0. The van der Waals surface area contributed by atoms with Gasteiger partial charge in [0, 0.05) is 31.1 Å². The minimum absolute atomic E-state index is 0.0738. The fourth-order valence-electron chi connectivity index (χ4n) is 4.77. The van der Waals surface area contributed by atoms with Crippen molar-refractivity contribution in [1.82, 2.24) is 9.55 Å². The van der Waals surface area contributed by atoms with E-state index in [0.717, 1.165) is 29.1 Å². The van der Waals surface area contributed by atoms with Crippen molar-refractivity contribution in [2.45, 2.75) is 39.7 Å². The second-order valence-electron chi connectivity index (χ2n) is 8.72. The Labute approximate surface area is 183 Å². The maximum atomic E-state index is 13.0. The third-order valence-electron chi connectivity index (χ3n) is 6.28. The normalized spacial score (nSPS) is 16.4. The number of amides is 1. The summed E-state index contributed by atoms with van der Waals surface area (Å²) in [6.07, 6.45) is 0.490. The van der Waals surface area contributed by atoms with Crippen LogP contribution in [0.1, 0.15) is 40.4 Å². The number of aromatic nitrogens is 2. The Balaban J connectivity index is 1.54. The fourth-order valence-corrected chi connectivity index (χ4v) is 4.77. The fraction of sp³-hybridized carbons (Fsp3) is 0.259. The average molecular weight is 410 g/mol. The summed E-state index contributed by atoms with van der Waals surface area (Å²) in [4.78, 5) is 19.9. The molecule has 1 fully saturated rings. The number of carbonyl (C=O) groups excluding carboxylic acids is 1. The standard InChI is InChI=1S/C27H27N3O/c1-18-12-19(2)14-23(13-18)29-17-22(15-26(29)31)27-28-24-10-6-7-11-25(24)30(27)16-21-9-5-4-8-20(21)3/h4-14,22H,15-17H2,1-3H3/t22-/m1/s1. The molecule has 1 aliphatic heterocycles. The van der Waals surface area contributed by atoms with Crippen LogP contribution in [0.25, 0.3) is 11.0 Å². The molecule has 4 heteroatoms. The summed E-state index contributed by atoms with van der Waals surface area (Å²) in [5, 5.41) is 0. The first-order valence-electron chi connectivity index (χ1n) is 10.9. The molecular weight excluding hydrogens is 382 g/mol. The first kappa shape index (κ1) is 19.6. The Morgan fingerprint density at radius 1 is 0.935 bits per heavy atom. The smallest absolute Gasteiger partial charge is 0.227 e. The number of nitrogens with zero attached hydrogens (tertiary/aromatic N) is 3. The first-order valence-corrected chi connectivity index (χ1v) is 10.9. The van der Waals surface area contributed by atoms with E-state index in [1.807, 2.05) is 11.0 Å². The second-order valence-corrected chi connectivity index (χ2v) is 8.72. The maximum Gasteiger partial charge on any atom is 0.227 e. The van der Waals surface area contributed by atoms with Gasteiger partial charge in [-0.1, -0.05) is 42.5 Å². The Kier molecular flexibility index (Phi) is 4.85. The van der Waals surface area contributed by atoms with Gasteiger partial charge in [0.2, 0.25) is 5.91 Å². The van der Waals surface area contributed by atoms with Crippen LogP contribution >= 0.6 is 0 Å². The van der Waals surface area contributed by atoms with Gasteiger partial charge in [0.25, 0.3) is 0 Å². The summed E-state index contributed by atoms with van der Waals surface area (Å²) in [5.41, 5.74) is 8.01. The van der Waals surface area contributed by atoms with Gasteiger partial charge in [-0.3, -0.25) is 4.79 Å². The number of fused-ring (bicyclic) bond motifs is 1. The molecule has 1 aliphatic rings. The molecule has 4 aromatic rings. The van der Waals surface area contributed by atoms with Gasteiger partial charge in [0.05, 0.1) is 11.0 Å². The number of rotatable bonds is 4. The van der Waals surface area contributed by atoms with Crippen molar-refractivity contribution >= 4 is 22.6 Å². The molecule has 5 rings (SSSR count). The largest absolute Gasteiger partial charge is 0.323 e. The number of benzene rings is 3. The Hall–Kier alpha value is -3.40. The zero-order valence-electron chi connectivity index (χ0n) is 18.3. The summed E-state index contributed by atoms with van der Waals surface area (Å²) < 4.78 is 2.31. The minimum Gasteiger partial charge on any atom is -0.323 e. The molecule has 0 bridgehead atoms. The van der Waals surface area contributed by atoms with Crippen molar-refractivity contribution in [3.8, 4) is 0 Å². The van der Waals surface area contributed by atoms with E-state index in [0.29, 0.717) is 13.0 Å². The third-order valence-corrected chi connectivity index (χ3v) is 6.28. The van der Waals surface area contributed by atoms with Crippen LogP contribution in [0.3, 0.4) is 0 Å². The predicted octanol–water partition coefficient (Wildman–Crippen LogP) is 5.53. The van der Waals surface area contributed by atoms with Gasteiger partial charge < -0.3 is 9.47 Å². The molecular formula is C27H27N3O. The topological polar surface area (TPSA) is 38.1 Å². The molecule has 31 heavy (non-hydrogen) atoms. The number of carbonyl (C=O) groups is 1. The average Bonchev–Trinajstić information content (AvgIpc) is 3.30. The molecule has 0 saturated carbocycles. The SMILES string of the molecule is Cc1cc(C)cc(N2C[C@H](c3nc4ccccc4n3Cc3ccccc3C)CC2=O)c1. The molecule has 4 nitrogen and oxygen atoms in total. The van der Waals surface area contributed by atoms with Gasteiger partial charge >= 0.3 is 0 Å². The highest BCUT2D eigenvalue weighted by molar-refractivity contribution is 5.96. The molecule has 3 aromatic carbocycles. The summed E-state index contributed by atoms with van der Waals surface area (Å²) in [5.74, 6) is 1.25. The molecule has 1 atom stereocenters. The number of anilines is 1. The van der Waals surface area contributed by atoms with Crippen LogP contribution in [0.2, 0.25) is 0 Å².